The third kappa shape index (κ3) is 5.35. The van der Waals surface area contributed by atoms with Crippen LogP contribution in [0.3, 0.4) is 0 Å². The van der Waals surface area contributed by atoms with Crippen molar-refractivity contribution in [1.82, 2.24) is 4.90 Å². The number of rotatable bonds is 6. The second-order valence-corrected chi connectivity index (χ2v) is 8.55. The number of carbonyl (C=O) groups is 1. The summed E-state index contributed by atoms with van der Waals surface area (Å²) in [7, 11) is 1.61. The first-order valence-electron chi connectivity index (χ1n) is 11.0. The Hall–Kier alpha value is -3.18. The molecule has 2 atom stereocenters. The molecular weight excluding hydrogens is 403 g/mol. The first kappa shape index (κ1) is 22.0. The molecule has 0 radical (unpaired) electrons. The van der Waals surface area contributed by atoms with Gasteiger partial charge < -0.3 is 10.1 Å². The van der Waals surface area contributed by atoms with E-state index in [1.165, 1.54) is 17.2 Å². The predicted molar refractivity (Wildman–Crippen MR) is 125 cm³/mol. The van der Waals surface area contributed by atoms with Gasteiger partial charge in [-0.1, -0.05) is 54.1 Å². The molecule has 0 aliphatic carbocycles. The van der Waals surface area contributed by atoms with Crippen molar-refractivity contribution < 1.29 is 13.9 Å². The van der Waals surface area contributed by atoms with Crippen molar-refractivity contribution >= 4 is 11.6 Å². The zero-order valence-corrected chi connectivity index (χ0v) is 18.6. The number of halogens is 1. The summed E-state index contributed by atoms with van der Waals surface area (Å²) < 4.78 is 19.6. The number of benzene rings is 3. The Kier molecular flexibility index (Phi) is 6.86. The molecule has 32 heavy (non-hydrogen) atoms. The van der Waals surface area contributed by atoms with E-state index in [1.54, 1.807) is 13.2 Å². The van der Waals surface area contributed by atoms with Gasteiger partial charge in [-0.2, -0.15) is 0 Å². The van der Waals surface area contributed by atoms with Gasteiger partial charge in [0.2, 0.25) is 5.91 Å². The molecule has 2 unspecified atom stereocenters. The van der Waals surface area contributed by atoms with Crippen molar-refractivity contribution in [2.45, 2.75) is 25.8 Å². The number of likely N-dealkylation sites (tertiary alicyclic amines) is 1. The number of carbonyl (C=O) groups excluding carboxylic acids is 1. The minimum absolute atomic E-state index is 0.0193. The quantitative estimate of drug-likeness (QED) is 0.568. The first-order valence-corrected chi connectivity index (χ1v) is 11.0. The summed E-state index contributed by atoms with van der Waals surface area (Å²) in [5.41, 5.74) is 3.80. The number of amides is 1. The van der Waals surface area contributed by atoms with Crippen LogP contribution in [-0.2, 0) is 11.3 Å². The van der Waals surface area contributed by atoms with E-state index in [0.717, 1.165) is 13.0 Å². The Bertz CT molecular complexity index is 1080. The van der Waals surface area contributed by atoms with E-state index in [0.29, 0.717) is 30.1 Å². The maximum atomic E-state index is 14.3. The van der Waals surface area contributed by atoms with Crippen molar-refractivity contribution in [3.8, 4) is 5.75 Å². The van der Waals surface area contributed by atoms with E-state index in [9.17, 15) is 9.18 Å². The highest BCUT2D eigenvalue weighted by Gasteiger charge is 2.33. The SMILES string of the molecule is COc1cccc(NC(=O)C2CC(c3cccc(C)c3)CN(Cc3ccccc3F)C2)c1. The fourth-order valence-corrected chi connectivity index (χ4v) is 4.49. The second kappa shape index (κ2) is 9.96. The van der Waals surface area contributed by atoms with Gasteiger partial charge in [0.05, 0.1) is 13.0 Å². The van der Waals surface area contributed by atoms with Gasteiger partial charge in [0.15, 0.2) is 0 Å². The number of hydrogen-bond acceptors (Lipinski definition) is 3. The summed E-state index contributed by atoms with van der Waals surface area (Å²) in [6, 6.07) is 22.7. The number of aryl methyl sites for hydroxylation is 1. The largest absolute Gasteiger partial charge is 0.497 e. The Morgan fingerprint density at radius 3 is 2.66 bits per heavy atom. The molecule has 5 heteroatoms. The van der Waals surface area contributed by atoms with Crippen LogP contribution < -0.4 is 10.1 Å². The van der Waals surface area contributed by atoms with Gasteiger partial charge in [0.25, 0.3) is 0 Å². The maximum Gasteiger partial charge on any atom is 0.228 e. The van der Waals surface area contributed by atoms with E-state index < -0.39 is 0 Å². The highest BCUT2D eigenvalue weighted by Crippen LogP contribution is 2.32. The fraction of sp³-hybridized carbons (Fsp3) is 0.296. The number of nitrogens with one attached hydrogen (secondary N) is 1. The minimum atomic E-state index is -0.206. The lowest BCUT2D eigenvalue weighted by molar-refractivity contribution is -0.121. The topological polar surface area (TPSA) is 41.6 Å². The lowest BCUT2D eigenvalue weighted by Gasteiger charge is -2.37. The average molecular weight is 433 g/mol. The van der Waals surface area contributed by atoms with Crippen molar-refractivity contribution in [2.24, 2.45) is 5.92 Å². The molecule has 1 aliphatic rings. The van der Waals surface area contributed by atoms with Crippen LogP contribution in [0.4, 0.5) is 10.1 Å². The van der Waals surface area contributed by atoms with Crippen LogP contribution in [0.5, 0.6) is 5.75 Å². The van der Waals surface area contributed by atoms with Gasteiger partial charge in [0, 0.05) is 37.0 Å². The molecule has 166 valence electrons. The Labute approximate surface area is 189 Å². The summed E-state index contributed by atoms with van der Waals surface area (Å²) in [6.45, 7) is 3.95. The number of ether oxygens (including phenoxy) is 1. The van der Waals surface area contributed by atoms with Crippen molar-refractivity contribution in [1.29, 1.82) is 0 Å². The zero-order chi connectivity index (χ0) is 22.5. The van der Waals surface area contributed by atoms with E-state index in [1.807, 2.05) is 36.4 Å². The Morgan fingerprint density at radius 2 is 1.88 bits per heavy atom. The van der Waals surface area contributed by atoms with E-state index in [-0.39, 0.29) is 23.6 Å². The predicted octanol–water partition coefficient (Wildman–Crippen LogP) is 5.39. The molecule has 0 bridgehead atoms. The molecule has 1 amide bonds. The number of hydrogen-bond donors (Lipinski definition) is 1. The van der Waals surface area contributed by atoms with Crippen LogP contribution >= 0.6 is 0 Å². The first-order chi connectivity index (χ1) is 15.5. The summed E-state index contributed by atoms with van der Waals surface area (Å²) in [5, 5.41) is 3.05. The van der Waals surface area contributed by atoms with Crippen molar-refractivity contribution in [2.75, 3.05) is 25.5 Å². The summed E-state index contributed by atoms with van der Waals surface area (Å²) >= 11 is 0. The Balaban J connectivity index is 1.55. The Morgan fingerprint density at radius 1 is 1.06 bits per heavy atom. The highest BCUT2D eigenvalue weighted by molar-refractivity contribution is 5.93. The van der Waals surface area contributed by atoms with Crippen LogP contribution in [0.2, 0.25) is 0 Å². The van der Waals surface area contributed by atoms with Gasteiger partial charge in [-0.05, 0) is 43.0 Å². The molecular formula is C27H29FN2O2. The fourth-order valence-electron chi connectivity index (χ4n) is 4.49. The van der Waals surface area contributed by atoms with Crippen LogP contribution in [0.15, 0.2) is 72.8 Å². The number of anilines is 1. The minimum Gasteiger partial charge on any atom is -0.497 e. The van der Waals surface area contributed by atoms with E-state index in [4.69, 9.17) is 4.74 Å². The molecule has 0 spiro atoms. The van der Waals surface area contributed by atoms with Crippen LogP contribution in [-0.4, -0.2) is 31.0 Å². The molecule has 1 fully saturated rings. The monoisotopic (exact) mass is 432 g/mol. The van der Waals surface area contributed by atoms with Crippen LogP contribution in [0.1, 0.15) is 29.0 Å². The van der Waals surface area contributed by atoms with Gasteiger partial charge >= 0.3 is 0 Å². The van der Waals surface area contributed by atoms with Crippen LogP contribution in [0, 0.1) is 18.7 Å². The van der Waals surface area contributed by atoms with Gasteiger partial charge in [0.1, 0.15) is 11.6 Å². The molecule has 1 N–H and O–H groups in total. The van der Waals surface area contributed by atoms with Crippen LogP contribution in [0.25, 0.3) is 0 Å². The van der Waals surface area contributed by atoms with Crippen molar-refractivity contribution in [3.63, 3.8) is 0 Å². The highest BCUT2D eigenvalue weighted by atomic mass is 19.1. The van der Waals surface area contributed by atoms with Gasteiger partial charge in [-0.25, -0.2) is 4.39 Å². The summed E-state index contributed by atoms with van der Waals surface area (Å²) in [5.74, 6) is 0.477. The molecule has 4 nitrogen and oxygen atoms in total. The number of nitrogens with zero attached hydrogens (tertiary/aromatic N) is 1. The average Bonchev–Trinajstić information content (AvgIpc) is 2.80. The van der Waals surface area contributed by atoms with Crippen molar-refractivity contribution in [3.05, 3.63) is 95.3 Å². The third-order valence-corrected chi connectivity index (χ3v) is 6.10. The summed E-state index contributed by atoms with van der Waals surface area (Å²) in [6.07, 6.45) is 0.757. The molecule has 4 rings (SSSR count). The molecule has 3 aromatic rings. The van der Waals surface area contributed by atoms with Gasteiger partial charge in [-0.3, -0.25) is 9.69 Å². The molecule has 1 heterocycles. The smallest absolute Gasteiger partial charge is 0.228 e. The normalized spacial score (nSPS) is 18.8. The van der Waals surface area contributed by atoms with Gasteiger partial charge in [-0.15, -0.1) is 0 Å². The summed E-state index contributed by atoms with van der Waals surface area (Å²) in [4.78, 5) is 15.4. The molecule has 0 saturated carbocycles. The number of piperidine rings is 1. The zero-order valence-electron chi connectivity index (χ0n) is 18.6. The third-order valence-electron chi connectivity index (χ3n) is 6.10. The molecule has 1 saturated heterocycles. The molecule has 0 aromatic heterocycles. The number of methoxy groups -OCH3 is 1. The van der Waals surface area contributed by atoms with E-state index >= 15 is 0 Å². The lowest BCUT2D eigenvalue weighted by Crippen LogP contribution is -2.43. The van der Waals surface area contributed by atoms with E-state index in [2.05, 4.69) is 41.4 Å². The molecule has 3 aromatic carbocycles. The molecule has 1 aliphatic heterocycles. The standard InChI is InChI=1S/C27H29FN2O2/c1-19-7-5-9-20(13-19)22-14-23(27(31)29-24-10-6-11-25(15-24)32-2)18-30(17-22)16-21-8-3-4-12-26(21)28/h3-13,15,22-23H,14,16-18H2,1-2H3,(H,29,31). The second-order valence-electron chi connectivity index (χ2n) is 8.55. The lowest BCUT2D eigenvalue weighted by atomic mass is 9.83. The maximum absolute atomic E-state index is 14.3.